The van der Waals surface area contributed by atoms with Crippen LogP contribution in [-0.2, 0) is 114 Å². The summed E-state index contributed by atoms with van der Waals surface area (Å²) in [6.07, 6.45) is -39.4. The van der Waals surface area contributed by atoms with E-state index in [1.807, 2.05) is 0 Å². The molecule has 1 N–H and O–H groups in total. The lowest BCUT2D eigenvalue weighted by Gasteiger charge is -2.49. The van der Waals surface area contributed by atoms with Gasteiger partial charge in [0.25, 0.3) is 0 Å². The van der Waals surface area contributed by atoms with Gasteiger partial charge < -0.3 is 95.1 Å². The summed E-state index contributed by atoms with van der Waals surface area (Å²) < 4.78 is 118. The lowest BCUT2D eigenvalue weighted by molar-refractivity contribution is -0.369. The predicted octanol–water partition coefficient (Wildman–Crippen LogP) is 7.19. The summed E-state index contributed by atoms with van der Waals surface area (Å²) in [6, 6.07) is 52.2. The molecule has 7 aromatic rings. The van der Waals surface area contributed by atoms with E-state index in [9.17, 15) is 62.6 Å². The minimum Gasteiger partial charge on any atom is -0.459 e. The van der Waals surface area contributed by atoms with Gasteiger partial charge in [-0.15, -0.1) is 0 Å². The van der Waals surface area contributed by atoms with Gasteiger partial charge in [0.1, 0.15) is 31.0 Å². The van der Waals surface area contributed by atoms with E-state index < -0.39 is 214 Å². The lowest BCUT2D eigenvalue weighted by atomic mass is 9.95. The molecule has 32 nitrogen and oxygen atoms in total. The highest BCUT2D eigenvalue weighted by molar-refractivity contribution is 5.93. The van der Waals surface area contributed by atoms with Crippen LogP contribution in [0.4, 0.5) is 0 Å². The molecule has 32 heteroatoms. The highest BCUT2D eigenvalue weighted by Crippen LogP contribution is 2.39. The van der Waals surface area contributed by atoms with Crippen LogP contribution in [0.25, 0.3) is 0 Å². The normalized spacial score (nSPS) is 26.9. The summed E-state index contributed by atoms with van der Waals surface area (Å²) in [5, 5.41) is 12.2. The van der Waals surface area contributed by atoms with Crippen LogP contribution in [-0.4, -0.2) is 219 Å². The maximum absolute atomic E-state index is 14.7. The molecule has 0 bridgehead atoms. The fraction of sp³-hybridized carbons (Fsp3) is 0.349. The zero-order valence-electron chi connectivity index (χ0n) is 62.5. The minimum absolute atomic E-state index is 0.0356. The summed E-state index contributed by atoms with van der Waals surface area (Å²) in [4.78, 5) is 168. The van der Waals surface area contributed by atoms with Crippen molar-refractivity contribution < 1.29 is 153 Å². The maximum atomic E-state index is 14.7. The average molecular weight is 1590 g/mol. The second-order valence-electron chi connectivity index (χ2n) is 26.4. The molecule has 115 heavy (non-hydrogen) atoms. The Labute approximate surface area is 657 Å². The highest BCUT2D eigenvalue weighted by Gasteiger charge is 2.60. The second-order valence-corrected chi connectivity index (χ2v) is 26.4. The van der Waals surface area contributed by atoms with Crippen molar-refractivity contribution in [3.63, 3.8) is 0 Å². The van der Waals surface area contributed by atoms with Crippen molar-refractivity contribution in [2.75, 3.05) is 19.8 Å². The van der Waals surface area contributed by atoms with Crippen molar-refractivity contribution in [1.29, 1.82) is 0 Å². The molecule has 7 aromatic carbocycles. The van der Waals surface area contributed by atoms with Crippen LogP contribution >= 0.6 is 0 Å². The molecule has 0 amide bonds. The molecule has 20 atom stereocenters. The van der Waals surface area contributed by atoms with Crippen molar-refractivity contribution in [1.82, 2.24) is 0 Å². The van der Waals surface area contributed by atoms with E-state index in [0.29, 0.717) is 0 Å². The third kappa shape index (κ3) is 22.0. The van der Waals surface area contributed by atoms with Gasteiger partial charge in [-0.3, -0.25) is 24.0 Å². The Kier molecular flexibility index (Phi) is 28.8. The number of ether oxygens (including phenoxy) is 19. The largest absolute Gasteiger partial charge is 0.459 e. The monoisotopic (exact) mass is 1590 g/mol. The Bertz CT molecular complexity index is 4500. The van der Waals surface area contributed by atoms with Gasteiger partial charge in [0, 0.05) is 34.6 Å². The fourth-order valence-corrected chi connectivity index (χ4v) is 13.0. The molecule has 0 unspecified atom stereocenters. The van der Waals surface area contributed by atoms with Gasteiger partial charge in [0.2, 0.25) is 0 Å². The van der Waals surface area contributed by atoms with E-state index in [1.54, 1.807) is 54.6 Å². The smallest absolute Gasteiger partial charge is 0.338 e. The van der Waals surface area contributed by atoms with Crippen LogP contribution in [0.3, 0.4) is 0 Å². The molecule has 0 saturated carbocycles. The number of hydrogen-bond donors (Lipinski definition) is 1. The second kappa shape index (κ2) is 39.6. The van der Waals surface area contributed by atoms with Crippen LogP contribution in [0.5, 0.6) is 0 Å². The van der Waals surface area contributed by atoms with E-state index in [1.165, 1.54) is 165 Å². The lowest BCUT2D eigenvalue weighted by Crippen LogP contribution is -2.67. The molecular weight excluding hydrogens is 1510 g/mol. The van der Waals surface area contributed by atoms with Crippen molar-refractivity contribution in [3.8, 4) is 0 Å². The SMILES string of the molecule is CC(=O)O[C@H]1[C@H](OC(C)=O)[C@H](O[C@H]2[C@@H](OC(C)=O)[C@@H](CO[C@@H]3O[C@H](COC(=O)c4ccccc4)[C@H](OC(=O)c4ccccc4)[C@H](OC(=O)c4ccccc4)[C@H]3OC(=O)c3ccccc3)O[C@@H](OC[C@H]3O[C@H](O)[C@H](OC(=O)c4ccccc4)[C@@H](OC(=O)c4ccccc4)[C@H]3OC(=O)c3ccccc3)[C@@H]2OC(C)=O)O[C@@H](C)[C@H]1OC(C)=O. The molecule has 11 rings (SSSR count). The highest BCUT2D eigenvalue weighted by atomic mass is 16.8. The molecular formula is C83H80O32. The molecule has 0 aliphatic carbocycles. The predicted molar refractivity (Wildman–Crippen MR) is 388 cm³/mol. The van der Waals surface area contributed by atoms with Gasteiger partial charge in [-0.25, -0.2) is 33.6 Å². The van der Waals surface area contributed by atoms with E-state index >= 15 is 0 Å². The average Bonchev–Trinajstić information content (AvgIpc) is 0.765. The molecule has 4 saturated heterocycles. The van der Waals surface area contributed by atoms with Crippen molar-refractivity contribution >= 4 is 71.6 Å². The number of benzene rings is 7. The molecule has 4 aliphatic heterocycles. The number of esters is 12. The van der Waals surface area contributed by atoms with Crippen molar-refractivity contribution in [3.05, 3.63) is 251 Å². The van der Waals surface area contributed by atoms with E-state index in [4.69, 9.17) is 90.0 Å². The van der Waals surface area contributed by atoms with E-state index in [0.717, 1.165) is 34.6 Å². The molecule has 4 aliphatic rings. The zero-order chi connectivity index (χ0) is 81.8. The first kappa shape index (κ1) is 83.8. The van der Waals surface area contributed by atoms with Crippen LogP contribution < -0.4 is 0 Å². The Morgan fingerprint density at radius 2 is 0.504 bits per heavy atom. The number of aliphatic hydroxyl groups excluding tert-OH is 1. The van der Waals surface area contributed by atoms with Gasteiger partial charge in [0.15, 0.2) is 92.3 Å². The molecule has 4 heterocycles. The minimum atomic E-state index is -2.30. The summed E-state index contributed by atoms with van der Waals surface area (Å²) in [5.74, 6) is -12.6. The van der Waals surface area contributed by atoms with Gasteiger partial charge in [-0.1, -0.05) is 127 Å². The number of carbonyl (C=O) groups excluding carboxylic acids is 12. The summed E-state index contributed by atoms with van der Waals surface area (Å²) in [6.45, 7) is 3.31. The molecule has 0 aromatic heterocycles. The van der Waals surface area contributed by atoms with Gasteiger partial charge in [0.05, 0.1) is 58.3 Å². The number of rotatable bonds is 28. The van der Waals surface area contributed by atoms with E-state index in [2.05, 4.69) is 0 Å². The Morgan fingerprint density at radius 3 is 0.861 bits per heavy atom. The van der Waals surface area contributed by atoms with Gasteiger partial charge in [-0.2, -0.15) is 0 Å². The first-order chi connectivity index (χ1) is 55.4. The summed E-state index contributed by atoms with van der Waals surface area (Å²) >= 11 is 0. The molecule has 4 fully saturated rings. The quantitative estimate of drug-likeness (QED) is 0.0374. The van der Waals surface area contributed by atoms with Crippen molar-refractivity contribution in [2.45, 2.75) is 164 Å². The molecule has 0 spiro atoms. The number of carbonyl (C=O) groups is 12. The van der Waals surface area contributed by atoms with Crippen molar-refractivity contribution in [2.24, 2.45) is 0 Å². The third-order valence-corrected chi connectivity index (χ3v) is 18.1. The van der Waals surface area contributed by atoms with Crippen LogP contribution in [0, 0.1) is 0 Å². The molecule has 604 valence electrons. The topological polar surface area (TPSA) is 400 Å². The Morgan fingerprint density at radius 1 is 0.261 bits per heavy atom. The van der Waals surface area contributed by atoms with E-state index in [-0.39, 0.29) is 38.9 Å². The van der Waals surface area contributed by atoms with Crippen LogP contribution in [0.15, 0.2) is 212 Å². The van der Waals surface area contributed by atoms with Gasteiger partial charge in [-0.05, 0) is 91.9 Å². The fourth-order valence-electron chi connectivity index (χ4n) is 13.0. The van der Waals surface area contributed by atoms with Crippen LogP contribution in [0.2, 0.25) is 0 Å². The maximum Gasteiger partial charge on any atom is 0.338 e. The standard InChI is InChI=1S/C83H80O32/c1-45-61(101-46(2)84)65(103-48(4)86)72(105-50(6)88)83(100-45)115-68-62(102-47(3)85)60(108-81(70(68)104-49(5)87)98-43-58-63(109-74(90)52-30-16-8-17-31-52)66(111-76(92)54-34-20-10-21-35-54)69(80(96)106-58)113-78(94)56-38-24-12-25-39-56)44-99-82-71(114-79(95)57-40-26-13-27-41-57)67(112-77(93)55-36-22-11-23-37-55)64(110-75(91)53-32-18-9-19-33-53)59(107-82)42-97-73(89)51-28-14-7-15-29-51/h7-41,45,58-72,80-83,96H,42-44H2,1-6H3/t45-,58+,59+,60+,61+,62-,63-,64-,65+,66-,67-,68-,69+,70+,71+,72-,80-,81+,82+,83-/m0/s1. The first-order valence-electron chi connectivity index (χ1n) is 36.2. The Hall–Kier alpha value is -12.1. The number of hydrogen-bond acceptors (Lipinski definition) is 32. The molecule has 0 radical (unpaired) electrons. The third-order valence-electron chi connectivity index (χ3n) is 18.1. The first-order valence-corrected chi connectivity index (χ1v) is 36.2. The zero-order valence-corrected chi connectivity index (χ0v) is 62.5. The van der Waals surface area contributed by atoms with Gasteiger partial charge >= 0.3 is 71.6 Å². The summed E-state index contributed by atoms with van der Waals surface area (Å²) in [7, 11) is 0. The van der Waals surface area contributed by atoms with Crippen LogP contribution in [0.1, 0.15) is 114 Å². The number of aliphatic hydroxyl groups is 1. The Balaban J connectivity index is 1.04. The summed E-state index contributed by atoms with van der Waals surface area (Å²) in [5.41, 5.74) is -0.337.